The van der Waals surface area contributed by atoms with Gasteiger partial charge >= 0.3 is 5.97 Å². The molecule has 0 saturated heterocycles. The molecule has 0 radical (unpaired) electrons. The van der Waals surface area contributed by atoms with E-state index in [1.165, 1.54) is 0 Å². The van der Waals surface area contributed by atoms with Crippen LogP contribution in [0.15, 0.2) is 0 Å². The molecule has 0 aliphatic heterocycles. The van der Waals surface area contributed by atoms with Gasteiger partial charge in [-0.2, -0.15) is 0 Å². The van der Waals surface area contributed by atoms with Crippen LogP contribution >= 0.6 is 0 Å². The Balaban J connectivity index is 2.34. The van der Waals surface area contributed by atoms with Gasteiger partial charge < -0.3 is 9.53 Å². The number of esters is 1. The lowest BCUT2D eigenvalue weighted by Gasteiger charge is -2.09. The van der Waals surface area contributed by atoms with E-state index in [-0.39, 0.29) is 5.97 Å². The standard InChI is InChI=1S/C9H14O3/c1-7(2)5-12-8(11)9(6-10)3-4-9/h6-7H,3-5H2,1-2H3. The van der Waals surface area contributed by atoms with Crippen LogP contribution in [-0.4, -0.2) is 18.9 Å². The molecule has 0 N–H and O–H groups in total. The average Bonchev–Trinajstić information content (AvgIpc) is 2.80. The SMILES string of the molecule is CC(C)COC(=O)C1(C=O)CC1. The van der Waals surface area contributed by atoms with Crippen molar-refractivity contribution < 1.29 is 14.3 Å². The molecule has 0 bridgehead atoms. The predicted octanol–water partition coefficient (Wildman–Crippen LogP) is 1.16. The van der Waals surface area contributed by atoms with E-state index in [2.05, 4.69) is 0 Å². The van der Waals surface area contributed by atoms with E-state index in [1.807, 2.05) is 13.8 Å². The lowest BCUT2D eigenvalue weighted by molar-refractivity contribution is -0.152. The van der Waals surface area contributed by atoms with Crippen molar-refractivity contribution in [2.24, 2.45) is 11.3 Å². The molecule has 1 saturated carbocycles. The van der Waals surface area contributed by atoms with E-state index in [1.54, 1.807) is 0 Å². The topological polar surface area (TPSA) is 43.4 Å². The van der Waals surface area contributed by atoms with Gasteiger partial charge in [-0.3, -0.25) is 4.79 Å². The maximum absolute atomic E-state index is 11.2. The molecule has 1 fully saturated rings. The highest BCUT2D eigenvalue weighted by Gasteiger charge is 2.51. The smallest absolute Gasteiger partial charge is 0.319 e. The second-order valence-electron chi connectivity index (χ2n) is 3.77. The summed E-state index contributed by atoms with van der Waals surface area (Å²) in [5, 5.41) is 0. The van der Waals surface area contributed by atoms with Crippen LogP contribution in [0, 0.1) is 11.3 Å². The highest BCUT2D eigenvalue weighted by molar-refractivity contribution is 5.96. The molecule has 0 aromatic heterocycles. The second kappa shape index (κ2) is 3.25. The second-order valence-corrected chi connectivity index (χ2v) is 3.77. The van der Waals surface area contributed by atoms with Crippen molar-refractivity contribution in [3.8, 4) is 0 Å². The van der Waals surface area contributed by atoms with E-state index in [0.29, 0.717) is 25.4 Å². The third-order valence-electron chi connectivity index (χ3n) is 1.97. The maximum Gasteiger partial charge on any atom is 0.319 e. The highest BCUT2D eigenvalue weighted by atomic mass is 16.5. The number of aldehydes is 1. The van der Waals surface area contributed by atoms with E-state index >= 15 is 0 Å². The molecule has 1 aliphatic carbocycles. The monoisotopic (exact) mass is 170 g/mol. The molecule has 0 unspecified atom stereocenters. The van der Waals surface area contributed by atoms with Crippen molar-refractivity contribution in [2.75, 3.05) is 6.61 Å². The van der Waals surface area contributed by atoms with Crippen LogP contribution in [0.25, 0.3) is 0 Å². The zero-order valence-corrected chi connectivity index (χ0v) is 7.50. The molecule has 0 atom stereocenters. The lowest BCUT2D eigenvalue weighted by Crippen LogP contribution is -2.22. The van der Waals surface area contributed by atoms with Crippen LogP contribution < -0.4 is 0 Å². The Kier molecular flexibility index (Phi) is 2.50. The Morgan fingerprint density at radius 3 is 2.50 bits per heavy atom. The number of hydrogen-bond donors (Lipinski definition) is 0. The minimum absolute atomic E-state index is 0.330. The number of carbonyl (C=O) groups excluding carboxylic acids is 2. The van der Waals surface area contributed by atoms with E-state index < -0.39 is 5.41 Å². The molecule has 1 rings (SSSR count). The third kappa shape index (κ3) is 1.84. The Labute approximate surface area is 72.1 Å². The molecule has 0 heterocycles. The van der Waals surface area contributed by atoms with E-state index in [9.17, 15) is 9.59 Å². The zero-order chi connectivity index (χ0) is 9.19. The van der Waals surface area contributed by atoms with Gasteiger partial charge in [0.1, 0.15) is 11.7 Å². The first-order valence-corrected chi connectivity index (χ1v) is 4.24. The van der Waals surface area contributed by atoms with Gasteiger partial charge in [0.2, 0.25) is 0 Å². The summed E-state index contributed by atoms with van der Waals surface area (Å²) in [5.41, 5.74) is -0.755. The number of hydrogen-bond acceptors (Lipinski definition) is 3. The summed E-state index contributed by atoms with van der Waals surface area (Å²) in [6.45, 7) is 4.34. The van der Waals surface area contributed by atoms with Crippen LogP contribution in [0.5, 0.6) is 0 Å². The molecule has 0 amide bonds. The average molecular weight is 170 g/mol. The molecule has 3 nitrogen and oxygen atoms in total. The molecule has 1 aliphatic rings. The van der Waals surface area contributed by atoms with Crippen LogP contribution in [-0.2, 0) is 14.3 Å². The first kappa shape index (κ1) is 9.23. The van der Waals surface area contributed by atoms with Crippen molar-refractivity contribution >= 4 is 12.3 Å². The fraction of sp³-hybridized carbons (Fsp3) is 0.778. The van der Waals surface area contributed by atoms with Crippen molar-refractivity contribution in [3.63, 3.8) is 0 Å². The van der Waals surface area contributed by atoms with Gasteiger partial charge in [0.15, 0.2) is 0 Å². The van der Waals surface area contributed by atoms with Gasteiger partial charge in [-0.05, 0) is 18.8 Å². The summed E-state index contributed by atoms with van der Waals surface area (Å²) in [5.74, 6) is -0.0115. The van der Waals surface area contributed by atoms with Crippen LogP contribution in [0.3, 0.4) is 0 Å². The first-order chi connectivity index (χ1) is 5.60. The van der Waals surface area contributed by atoms with Gasteiger partial charge in [-0.25, -0.2) is 0 Å². The molecular weight excluding hydrogens is 156 g/mol. The van der Waals surface area contributed by atoms with Gasteiger partial charge in [0, 0.05) is 0 Å². The van der Waals surface area contributed by atoms with Crippen molar-refractivity contribution in [1.29, 1.82) is 0 Å². The van der Waals surface area contributed by atoms with Gasteiger partial charge in [0.05, 0.1) is 6.61 Å². The van der Waals surface area contributed by atoms with Gasteiger partial charge in [-0.1, -0.05) is 13.8 Å². The zero-order valence-electron chi connectivity index (χ0n) is 7.50. The summed E-state index contributed by atoms with van der Waals surface area (Å²) in [7, 11) is 0. The fourth-order valence-electron chi connectivity index (χ4n) is 0.891. The van der Waals surface area contributed by atoms with Gasteiger partial charge in [-0.15, -0.1) is 0 Å². The quantitative estimate of drug-likeness (QED) is 0.361. The van der Waals surface area contributed by atoms with E-state index in [4.69, 9.17) is 4.74 Å². The normalized spacial score (nSPS) is 18.9. The minimum Gasteiger partial charge on any atom is -0.465 e. The number of rotatable bonds is 4. The van der Waals surface area contributed by atoms with Crippen molar-refractivity contribution in [3.05, 3.63) is 0 Å². The summed E-state index contributed by atoms with van der Waals surface area (Å²) in [4.78, 5) is 21.7. The maximum atomic E-state index is 11.2. The van der Waals surface area contributed by atoms with Crippen molar-refractivity contribution in [2.45, 2.75) is 26.7 Å². The molecule has 0 aromatic rings. The third-order valence-corrected chi connectivity index (χ3v) is 1.97. The van der Waals surface area contributed by atoms with Crippen molar-refractivity contribution in [1.82, 2.24) is 0 Å². The molecule has 0 aromatic carbocycles. The molecular formula is C9H14O3. The number of ether oxygens (including phenoxy) is 1. The first-order valence-electron chi connectivity index (χ1n) is 4.24. The Bertz CT molecular complexity index is 192. The lowest BCUT2D eigenvalue weighted by atomic mass is 10.1. The summed E-state index contributed by atoms with van der Waals surface area (Å²) in [6, 6.07) is 0. The molecule has 3 heteroatoms. The fourth-order valence-corrected chi connectivity index (χ4v) is 0.891. The summed E-state index contributed by atoms with van der Waals surface area (Å²) >= 11 is 0. The number of carbonyl (C=O) groups is 2. The Morgan fingerprint density at radius 2 is 2.17 bits per heavy atom. The Hall–Kier alpha value is -0.860. The van der Waals surface area contributed by atoms with E-state index in [0.717, 1.165) is 6.29 Å². The molecule has 0 spiro atoms. The van der Waals surface area contributed by atoms with Gasteiger partial charge in [0.25, 0.3) is 0 Å². The van der Waals surface area contributed by atoms with Crippen LogP contribution in [0.4, 0.5) is 0 Å². The largest absolute Gasteiger partial charge is 0.465 e. The highest BCUT2D eigenvalue weighted by Crippen LogP contribution is 2.44. The summed E-state index contributed by atoms with van der Waals surface area (Å²) < 4.78 is 4.95. The summed E-state index contributed by atoms with van der Waals surface area (Å²) in [6.07, 6.45) is 2.04. The molecule has 68 valence electrons. The molecule has 12 heavy (non-hydrogen) atoms. The minimum atomic E-state index is -0.755. The predicted molar refractivity (Wildman–Crippen MR) is 43.5 cm³/mol. The van der Waals surface area contributed by atoms with Crippen LogP contribution in [0.1, 0.15) is 26.7 Å². The Morgan fingerprint density at radius 1 is 1.58 bits per heavy atom. The van der Waals surface area contributed by atoms with Crippen LogP contribution in [0.2, 0.25) is 0 Å².